The van der Waals surface area contributed by atoms with Gasteiger partial charge in [-0.05, 0) is 30.7 Å². The molecule has 1 aliphatic rings. The van der Waals surface area contributed by atoms with Gasteiger partial charge >= 0.3 is 0 Å². The highest BCUT2D eigenvalue weighted by atomic mass is 16.3. The van der Waals surface area contributed by atoms with Crippen LogP contribution in [0.2, 0.25) is 0 Å². The maximum absolute atomic E-state index is 9.13. The fourth-order valence-corrected chi connectivity index (χ4v) is 1.75. The molecule has 1 unspecified atom stereocenters. The van der Waals surface area contributed by atoms with E-state index in [0.29, 0.717) is 12.3 Å². The molecule has 0 bridgehead atoms. The van der Waals surface area contributed by atoms with Crippen LogP contribution in [0.5, 0.6) is 5.75 Å². The van der Waals surface area contributed by atoms with E-state index in [2.05, 4.69) is 5.32 Å². The zero-order valence-electron chi connectivity index (χ0n) is 7.46. The van der Waals surface area contributed by atoms with E-state index in [9.17, 15) is 0 Å². The predicted molar refractivity (Wildman–Crippen MR) is 51.5 cm³/mol. The second-order valence-electron chi connectivity index (χ2n) is 3.51. The minimum atomic E-state index is -0.0340. The molecule has 1 atom stereocenters. The topological polar surface area (TPSA) is 58.3 Å². The molecule has 0 saturated carbocycles. The molecule has 1 fully saturated rings. The Morgan fingerprint density at radius 3 is 2.38 bits per heavy atom. The van der Waals surface area contributed by atoms with Gasteiger partial charge in [0.25, 0.3) is 0 Å². The molecule has 0 amide bonds. The van der Waals surface area contributed by atoms with E-state index in [1.165, 1.54) is 5.56 Å². The molecule has 3 heteroatoms. The molecular weight excluding hydrogens is 164 g/mol. The van der Waals surface area contributed by atoms with Crippen molar-refractivity contribution in [2.24, 2.45) is 5.73 Å². The lowest BCUT2D eigenvalue weighted by Gasteiger charge is -2.43. The largest absolute Gasteiger partial charge is 0.508 e. The summed E-state index contributed by atoms with van der Waals surface area (Å²) in [6.07, 6.45) is 1.08. The number of hydrogen-bond acceptors (Lipinski definition) is 3. The SMILES string of the molecule is NCC1(c2ccc(O)cc2)CCN1. The number of phenolic OH excluding ortho intramolecular Hbond substituents is 1. The van der Waals surface area contributed by atoms with Gasteiger partial charge in [0.15, 0.2) is 0 Å². The van der Waals surface area contributed by atoms with Gasteiger partial charge in [-0.15, -0.1) is 0 Å². The van der Waals surface area contributed by atoms with Crippen molar-refractivity contribution >= 4 is 0 Å². The Bertz CT molecular complexity index is 285. The zero-order valence-corrected chi connectivity index (χ0v) is 7.46. The second kappa shape index (κ2) is 3.01. The van der Waals surface area contributed by atoms with Crippen molar-refractivity contribution < 1.29 is 5.11 Å². The molecule has 0 aliphatic carbocycles. The quantitative estimate of drug-likeness (QED) is 0.619. The third-order valence-corrected chi connectivity index (χ3v) is 2.78. The van der Waals surface area contributed by atoms with Gasteiger partial charge in [-0.25, -0.2) is 0 Å². The summed E-state index contributed by atoms with van der Waals surface area (Å²) in [5.41, 5.74) is 6.85. The van der Waals surface area contributed by atoms with Gasteiger partial charge in [-0.3, -0.25) is 0 Å². The van der Waals surface area contributed by atoms with Crippen LogP contribution in [0.25, 0.3) is 0 Å². The number of nitrogens with one attached hydrogen (secondary N) is 1. The summed E-state index contributed by atoms with van der Waals surface area (Å²) < 4.78 is 0. The summed E-state index contributed by atoms with van der Waals surface area (Å²) >= 11 is 0. The molecule has 0 radical (unpaired) electrons. The van der Waals surface area contributed by atoms with E-state index < -0.39 is 0 Å². The molecule has 4 N–H and O–H groups in total. The van der Waals surface area contributed by atoms with E-state index >= 15 is 0 Å². The van der Waals surface area contributed by atoms with Crippen molar-refractivity contribution in [2.45, 2.75) is 12.0 Å². The van der Waals surface area contributed by atoms with Crippen molar-refractivity contribution in [1.82, 2.24) is 5.32 Å². The van der Waals surface area contributed by atoms with E-state index in [1.807, 2.05) is 12.1 Å². The molecule has 1 aliphatic heterocycles. The maximum Gasteiger partial charge on any atom is 0.115 e. The lowest BCUT2D eigenvalue weighted by molar-refractivity contribution is 0.219. The van der Waals surface area contributed by atoms with Crippen LogP contribution in [-0.4, -0.2) is 18.2 Å². The Kier molecular flexibility index (Phi) is 1.98. The molecule has 70 valence electrons. The number of aromatic hydroxyl groups is 1. The molecule has 0 aromatic heterocycles. The number of benzene rings is 1. The van der Waals surface area contributed by atoms with E-state index in [0.717, 1.165) is 13.0 Å². The van der Waals surface area contributed by atoms with Gasteiger partial charge < -0.3 is 16.2 Å². The van der Waals surface area contributed by atoms with Crippen LogP contribution in [0, 0.1) is 0 Å². The molecule has 0 spiro atoms. The van der Waals surface area contributed by atoms with E-state index in [-0.39, 0.29) is 5.54 Å². The van der Waals surface area contributed by atoms with Crippen LogP contribution in [0.15, 0.2) is 24.3 Å². The van der Waals surface area contributed by atoms with Crippen LogP contribution >= 0.6 is 0 Å². The van der Waals surface area contributed by atoms with E-state index in [4.69, 9.17) is 10.8 Å². The molecule has 3 nitrogen and oxygen atoms in total. The number of nitrogens with two attached hydrogens (primary N) is 1. The predicted octanol–water partition coefficient (Wildman–Crippen LogP) is 0.539. The first-order chi connectivity index (χ1) is 6.27. The van der Waals surface area contributed by atoms with Crippen LogP contribution in [0.3, 0.4) is 0 Å². The average molecular weight is 178 g/mol. The first-order valence-corrected chi connectivity index (χ1v) is 4.51. The normalized spacial score (nSPS) is 26.8. The van der Waals surface area contributed by atoms with Gasteiger partial charge in [0.2, 0.25) is 0 Å². The van der Waals surface area contributed by atoms with Crippen molar-refractivity contribution in [1.29, 1.82) is 0 Å². The lowest BCUT2D eigenvalue weighted by Crippen LogP contribution is -2.58. The van der Waals surface area contributed by atoms with Crippen molar-refractivity contribution in [2.75, 3.05) is 13.1 Å². The molecule has 13 heavy (non-hydrogen) atoms. The maximum atomic E-state index is 9.13. The Morgan fingerprint density at radius 1 is 1.38 bits per heavy atom. The Morgan fingerprint density at radius 2 is 2.00 bits per heavy atom. The summed E-state index contributed by atoms with van der Waals surface area (Å²) in [5.74, 6) is 0.301. The van der Waals surface area contributed by atoms with Crippen molar-refractivity contribution in [3.05, 3.63) is 29.8 Å². The first-order valence-electron chi connectivity index (χ1n) is 4.51. The summed E-state index contributed by atoms with van der Waals surface area (Å²) in [7, 11) is 0. The van der Waals surface area contributed by atoms with Crippen LogP contribution < -0.4 is 11.1 Å². The highest BCUT2D eigenvalue weighted by Gasteiger charge is 2.36. The Balaban J connectivity index is 2.28. The summed E-state index contributed by atoms with van der Waals surface area (Å²) in [4.78, 5) is 0. The second-order valence-corrected chi connectivity index (χ2v) is 3.51. The van der Waals surface area contributed by atoms with Gasteiger partial charge in [0.05, 0.1) is 5.54 Å². The third kappa shape index (κ3) is 1.30. The zero-order chi connectivity index (χ0) is 9.31. The summed E-state index contributed by atoms with van der Waals surface area (Å²) in [6, 6.07) is 7.25. The molecule has 1 heterocycles. The van der Waals surface area contributed by atoms with Crippen LogP contribution in [-0.2, 0) is 5.54 Å². The van der Waals surface area contributed by atoms with Gasteiger partial charge in [-0.2, -0.15) is 0 Å². The minimum absolute atomic E-state index is 0.0340. The Labute approximate surface area is 77.6 Å². The number of rotatable bonds is 2. The fourth-order valence-electron chi connectivity index (χ4n) is 1.75. The van der Waals surface area contributed by atoms with Crippen molar-refractivity contribution in [3.63, 3.8) is 0 Å². The number of hydrogen-bond donors (Lipinski definition) is 3. The van der Waals surface area contributed by atoms with Crippen LogP contribution in [0.1, 0.15) is 12.0 Å². The number of phenols is 1. The Hall–Kier alpha value is -1.06. The van der Waals surface area contributed by atoms with Gasteiger partial charge in [0.1, 0.15) is 5.75 Å². The smallest absolute Gasteiger partial charge is 0.115 e. The molecule has 1 aromatic rings. The average Bonchev–Trinajstić information content (AvgIpc) is 2.07. The summed E-state index contributed by atoms with van der Waals surface area (Å²) in [5, 5.41) is 12.5. The highest BCUT2D eigenvalue weighted by Crippen LogP contribution is 2.30. The molecule has 1 saturated heterocycles. The fraction of sp³-hybridized carbons (Fsp3) is 0.400. The monoisotopic (exact) mass is 178 g/mol. The lowest BCUT2D eigenvalue weighted by atomic mass is 9.81. The first kappa shape index (κ1) is 8.53. The summed E-state index contributed by atoms with van der Waals surface area (Å²) in [6.45, 7) is 1.63. The molecule has 1 aromatic carbocycles. The van der Waals surface area contributed by atoms with Crippen LogP contribution in [0.4, 0.5) is 0 Å². The molecule has 2 rings (SSSR count). The highest BCUT2D eigenvalue weighted by molar-refractivity contribution is 5.33. The minimum Gasteiger partial charge on any atom is -0.508 e. The molecular formula is C10H14N2O. The van der Waals surface area contributed by atoms with Gasteiger partial charge in [0, 0.05) is 6.54 Å². The van der Waals surface area contributed by atoms with Crippen molar-refractivity contribution in [3.8, 4) is 5.75 Å². The van der Waals surface area contributed by atoms with E-state index in [1.54, 1.807) is 12.1 Å². The standard InChI is InChI=1S/C10H14N2O/c11-7-10(5-6-12-10)8-1-3-9(13)4-2-8/h1-4,12-13H,5-7,11H2. The third-order valence-electron chi connectivity index (χ3n) is 2.78. The van der Waals surface area contributed by atoms with Gasteiger partial charge in [-0.1, -0.05) is 12.1 Å².